The van der Waals surface area contributed by atoms with Crippen LogP contribution in [-0.2, 0) is 16.1 Å². The van der Waals surface area contributed by atoms with Crippen molar-refractivity contribution in [2.75, 3.05) is 0 Å². The average Bonchev–Trinajstić information content (AvgIpc) is 2.55. The number of halogens is 4. The molecule has 0 aliphatic heterocycles. The Balaban J connectivity index is 1.87. The fourth-order valence-electron chi connectivity index (χ4n) is 1.74. The molecule has 0 spiro atoms. The summed E-state index contributed by atoms with van der Waals surface area (Å²) in [4.78, 5) is 23.4. The molecule has 2 N–H and O–H groups in total. The highest BCUT2D eigenvalue weighted by atomic mass is 35.5. The summed E-state index contributed by atoms with van der Waals surface area (Å²) in [6.45, 7) is 0.0784. The molecule has 2 amide bonds. The molecule has 0 saturated heterocycles. The van der Waals surface area contributed by atoms with Gasteiger partial charge in [-0.2, -0.15) is 5.10 Å². The van der Waals surface area contributed by atoms with E-state index in [4.69, 9.17) is 46.4 Å². The Labute approximate surface area is 163 Å². The van der Waals surface area contributed by atoms with Gasteiger partial charge in [-0.15, -0.1) is 0 Å². The fraction of sp³-hybridized carbons (Fsp3) is 0.0625. The molecule has 0 fully saturated rings. The Hall–Kier alpha value is -1.79. The van der Waals surface area contributed by atoms with Crippen LogP contribution in [0.15, 0.2) is 41.5 Å². The zero-order valence-electron chi connectivity index (χ0n) is 12.5. The number of hydrazone groups is 1. The van der Waals surface area contributed by atoms with Crippen LogP contribution in [0.1, 0.15) is 11.1 Å². The van der Waals surface area contributed by atoms with E-state index in [0.717, 1.165) is 0 Å². The van der Waals surface area contributed by atoms with Crippen LogP contribution in [0.5, 0.6) is 0 Å². The highest BCUT2D eigenvalue weighted by Crippen LogP contribution is 2.21. The van der Waals surface area contributed by atoms with E-state index in [1.165, 1.54) is 12.3 Å². The number of nitrogens with one attached hydrogen (secondary N) is 2. The van der Waals surface area contributed by atoms with Gasteiger partial charge in [0, 0.05) is 27.2 Å². The Bertz CT molecular complexity index is 840. The first-order valence-electron chi connectivity index (χ1n) is 6.87. The highest BCUT2D eigenvalue weighted by Gasteiger charge is 2.13. The van der Waals surface area contributed by atoms with Gasteiger partial charge in [0.1, 0.15) is 0 Å². The molecular weight excluding hydrogens is 408 g/mol. The second kappa shape index (κ2) is 9.06. The summed E-state index contributed by atoms with van der Waals surface area (Å²) in [6, 6.07) is 9.63. The Morgan fingerprint density at radius 1 is 0.920 bits per heavy atom. The number of carbonyl (C=O) groups excluding carboxylic acids is 2. The van der Waals surface area contributed by atoms with Crippen molar-refractivity contribution in [1.82, 2.24) is 10.7 Å². The zero-order valence-corrected chi connectivity index (χ0v) is 15.5. The van der Waals surface area contributed by atoms with Gasteiger partial charge in [-0.05, 0) is 29.8 Å². The van der Waals surface area contributed by atoms with E-state index >= 15 is 0 Å². The van der Waals surface area contributed by atoms with Crippen molar-refractivity contribution in [2.45, 2.75) is 6.54 Å². The zero-order chi connectivity index (χ0) is 18.4. The first-order chi connectivity index (χ1) is 11.9. The van der Waals surface area contributed by atoms with Crippen molar-refractivity contribution in [3.63, 3.8) is 0 Å². The molecule has 5 nitrogen and oxygen atoms in total. The molecule has 0 aromatic heterocycles. The van der Waals surface area contributed by atoms with E-state index in [9.17, 15) is 9.59 Å². The van der Waals surface area contributed by atoms with Crippen LogP contribution in [0, 0.1) is 0 Å². The molecule has 0 atom stereocenters. The van der Waals surface area contributed by atoms with Crippen molar-refractivity contribution in [1.29, 1.82) is 0 Å². The molecule has 0 saturated carbocycles. The average molecular weight is 419 g/mol. The van der Waals surface area contributed by atoms with Crippen LogP contribution in [0.3, 0.4) is 0 Å². The third-order valence-corrected chi connectivity index (χ3v) is 4.14. The van der Waals surface area contributed by atoms with E-state index in [-0.39, 0.29) is 6.54 Å². The van der Waals surface area contributed by atoms with Crippen molar-refractivity contribution in [3.05, 3.63) is 67.6 Å². The van der Waals surface area contributed by atoms with Crippen LogP contribution in [-0.4, -0.2) is 18.0 Å². The van der Waals surface area contributed by atoms with Crippen LogP contribution >= 0.6 is 46.4 Å². The number of nitrogens with zero attached hydrogens (tertiary/aromatic N) is 1. The van der Waals surface area contributed by atoms with Crippen molar-refractivity contribution >= 4 is 64.4 Å². The standard InChI is InChI=1S/C16H11Cl4N3O2/c17-11-3-1-9(13(19)5-11)7-21-15(24)16(25)23-22-8-10-2-4-12(18)6-14(10)20/h1-6,8H,7H2,(H,21,24)(H,23,25)/b22-8-. The molecule has 2 aromatic carbocycles. The van der Waals surface area contributed by atoms with E-state index in [2.05, 4.69) is 15.8 Å². The first kappa shape index (κ1) is 19.5. The molecule has 0 bridgehead atoms. The minimum absolute atomic E-state index is 0.0784. The topological polar surface area (TPSA) is 70.6 Å². The summed E-state index contributed by atoms with van der Waals surface area (Å²) in [5.74, 6) is -1.78. The van der Waals surface area contributed by atoms with Gasteiger partial charge in [0.15, 0.2) is 0 Å². The highest BCUT2D eigenvalue weighted by molar-refractivity contribution is 6.37. The monoisotopic (exact) mass is 417 g/mol. The summed E-state index contributed by atoms with van der Waals surface area (Å²) in [5.41, 5.74) is 3.28. The molecule has 0 aliphatic carbocycles. The SMILES string of the molecule is O=C(NCc1ccc(Cl)cc1Cl)C(=O)N/N=C\c1ccc(Cl)cc1Cl. The lowest BCUT2D eigenvalue weighted by Crippen LogP contribution is -2.37. The number of hydrogen-bond acceptors (Lipinski definition) is 3. The summed E-state index contributed by atoms with van der Waals surface area (Å²) in [6.07, 6.45) is 1.31. The third-order valence-electron chi connectivity index (χ3n) is 2.99. The molecule has 9 heteroatoms. The van der Waals surface area contributed by atoms with Gasteiger partial charge in [0.05, 0.1) is 11.2 Å². The second-order valence-corrected chi connectivity index (χ2v) is 6.47. The number of rotatable bonds is 4. The predicted molar refractivity (Wildman–Crippen MR) is 101 cm³/mol. The number of amides is 2. The molecular formula is C16H11Cl4N3O2. The van der Waals surface area contributed by atoms with Gasteiger partial charge in [-0.1, -0.05) is 58.5 Å². The van der Waals surface area contributed by atoms with Crippen LogP contribution in [0.25, 0.3) is 0 Å². The van der Waals surface area contributed by atoms with Crippen molar-refractivity contribution in [3.8, 4) is 0 Å². The van der Waals surface area contributed by atoms with Gasteiger partial charge >= 0.3 is 11.8 Å². The lowest BCUT2D eigenvalue weighted by atomic mass is 10.2. The lowest BCUT2D eigenvalue weighted by Gasteiger charge is -2.06. The molecule has 0 aliphatic rings. The molecule has 25 heavy (non-hydrogen) atoms. The minimum atomic E-state index is -0.925. The number of hydrogen-bond donors (Lipinski definition) is 2. The maximum atomic E-state index is 11.7. The Morgan fingerprint density at radius 2 is 1.56 bits per heavy atom. The minimum Gasteiger partial charge on any atom is -0.344 e. The van der Waals surface area contributed by atoms with E-state index in [1.807, 2.05) is 0 Å². The maximum Gasteiger partial charge on any atom is 0.329 e. The van der Waals surface area contributed by atoms with Crippen LogP contribution in [0.2, 0.25) is 20.1 Å². The van der Waals surface area contributed by atoms with E-state index in [0.29, 0.717) is 31.2 Å². The summed E-state index contributed by atoms with van der Waals surface area (Å²) in [5, 5.41) is 7.83. The van der Waals surface area contributed by atoms with Gasteiger partial charge in [0.2, 0.25) is 0 Å². The predicted octanol–water partition coefficient (Wildman–Crippen LogP) is 4.07. The van der Waals surface area contributed by atoms with Gasteiger partial charge < -0.3 is 5.32 Å². The third kappa shape index (κ3) is 5.90. The van der Waals surface area contributed by atoms with E-state index < -0.39 is 11.8 Å². The molecule has 0 heterocycles. The summed E-state index contributed by atoms with van der Waals surface area (Å²) >= 11 is 23.5. The quantitative estimate of drug-likeness (QED) is 0.446. The van der Waals surface area contributed by atoms with Crippen molar-refractivity contribution < 1.29 is 9.59 Å². The molecule has 2 aromatic rings. The first-order valence-corrected chi connectivity index (χ1v) is 8.38. The summed E-state index contributed by atoms with van der Waals surface area (Å²) < 4.78 is 0. The van der Waals surface area contributed by atoms with Crippen molar-refractivity contribution in [2.24, 2.45) is 5.10 Å². The smallest absolute Gasteiger partial charge is 0.329 e. The lowest BCUT2D eigenvalue weighted by molar-refractivity contribution is -0.139. The molecule has 2 rings (SSSR count). The molecule has 130 valence electrons. The van der Waals surface area contributed by atoms with E-state index in [1.54, 1.807) is 30.3 Å². The molecule has 0 radical (unpaired) electrons. The second-order valence-electron chi connectivity index (χ2n) is 4.78. The Kier molecular flexibility index (Phi) is 7.08. The largest absolute Gasteiger partial charge is 0.344 e. The normalized spacial score (nSPS) is 10.7. The number of benzene rings is 2. The van der Waals surface area contributed by atoms with Crippen LogP contribution in [0.4, 0.5) is 0 Å². The fourth-order valence-corrected chi connectivity index (χ4v) is 2.67. The van der Waals surface area contributed by atoms with Gasteiger partial charge in [-0.3, -0.25) is 9.59 Å². The van der Waals surface area contributed by atoms with Crippen LogP contribution < -0.4 is 10.7 Å². The Morgan fingerprint density at radius 3 is 2.20 bits per heavy atom. The van der Waals surface area contributed by atoms with Gasteiger partial charge in [-0.25, -0.2) is 5.43 Å². The number of carbonyl (C=O) groups is 2. The molecule has 0 unspecified atom stereocenters. The maximum absolute atomic E-state index is 11.7. The summed E-state index contributed by atoms with van der Waals surface area (Å²) in [7, 11) is 0. The van der Waals surface area contributed by atoms with Gasteiger partial charge in [0.25, 0.3) is 0 Å².